The number of rotatable bonds is 4. The van der Waals surface area contributed by atoms with Crippen molar-refractivity contribution in [3.8, 4) is 0 Å². The molecule has 1 aromatic rings. The number of ether oxygens (including phenoxy) is 1. The molecule has 24 heavy (non-hydrogen) atoms. The van der Waals surface area contributed by atoms with Crippen LogP contribution in [0.5, 0.6) is 0 Å². The van der Waals surface area contributed by atoms with Gasteiger partial charge in [-0.05, 0) is 50.3 Å². The van der Waals surface area contributed by atoms with E-state index in [0.29, 0.717) is 25.0 Å². The molecule has 0 amide bonds. The van der Waals surface area contributed by atoms with Crippen molar-refractivity contribution in [1.29, 1.82) is 0 Å². The third kappa shape index (κ3) is 3.32. The number of nitrogens with one attached hydrogen (secondary N) is 1. The minimum atomic E-state index is -4.36. The van der Waals surface area contributed by atoms with Crippen molar-refractivity contribution in [2.45, 2.75) is 56.5 Å². The van der Waals surface area contributed by atoms with E-state index in [0.717, 1.165) is 25.0 Å². The van der Waals surface area contributed by atoms with Crippen molar-refractivity contribution >= 4 is 0 Å². The van der Waals surface area contributed by atoms with Crippen molar-refractivity contribution in [1.82, 2.24) is 5.32 Å². The maximum absolute atomic E-state index is 12.7. The van der Waals surface area contributed by atoms with E-state index in [1.807, 2.05) is 6.92 Å². The second-order valence-corrected chi connectivity index (χ2v) is 7.43. The Labute approximate surface area is 140 Å². The van der Waals surface area contributed by atoms with E-state index in [1.165, 1.54) is 12.1 Å². The van der Waals surface area contributed by atoms with E-state index in [2.05, 4.69) is 5.32 Å². The van der Waals surface area contributed by atoms with E-state index in [9.17, 15) is 18.3 Å². The number of piperidine rings is 1. The van der Waals surface area contributed by atoms with Crippen molar-refractivity contribution in [3.63, 3.8) is 0 Å². The van der Waals surface area contributed by atoms with Crippen LogP contribution in [0.2, 0.25) is 0 Å². The van der Waals surface area contributed by atoms with Crippen LogP contribution in [-0.4, -0.2) is 30.9 Å². The van der Waals surface area contributed by atoms with E-state index >= 15 is 0 Å². The van der Waals surface area contributed by atoms with Crippen LogP contribution in [0.3, 0.4) is 0 Å². The van der Waals surface area contributed by atoms with Gasteiger partial charge in [-0.2, -0.15) is 13.2 Å². The van der Waals surface area contributed by atoms with Gasteiger partial charge in [0.15, 0.2) is 0 Å². The summed E-state index contributed by atoms with van der Waals surface area (Å²) >= 11 is 0. The maximum Gasteiger partial charge on any atom is 0.416 e. The highest BCUT2D eigenvalue weighted by atomic mass is 19.4. The molecule has 1 saturated heterocycles. The van der Waals surface area contributed by atoms with Crippen LogP contribution in [-0.2, 0) is 16.5 Å². The summed E-state index contributed by atoms with van der Waals surface area (Å²) in [7, 11) is 1.67. The number of hydrogen-bond acceptors (Lipinski definition) is 3. The predicted molar refractivity (Wildman–Crippen MR) is 84.5 cm³/mol. The third-order valence-electron chi connectivity index (χ3n) is 5.48. The van der Waals surface area contributed by atoms with Gasteiger partial charge in [-0.25, -0.2) is 0 Å². The first kappa shape index (κ1) is 17.7. The molecule has 2 fully saturated rings. The molecule has 1 aromatic carbocycles. The lowest BCUT2D eigenvalue weighted by Gasteiger charge is -2.44. The normalized spacial score (nSPS) is 32.6. The minimum absolute atomic E-state index is 0.0450. The monoisotopic (exact) mass is 343 g/mol. The Morgan fingerprint density at radius 2 is 1.83 bits per heavy atom. The molecule has 1 saturated carbocycles. The first-order chi connectivity index (χ1) is 11.2. The summed E-state index contributed by atoms with van der Waals surface area (Å²) in [5.74, 6) is 0. The predicted octanol–water partition coefficient (Wildman–Crippen LogP) is 3.46. The van der Waals surface area contributed by atoms with Crippen LogP contribution in [0.25, 0.3) is 0 Å². The summed E-state index contributed by atoms with van der Waals surface area (Å²) in [6.45, 7) is 2.64. The van der Waals surface area contributed by atoms with Gasteiger partial charge in [0.1, 0.15) is 0 Å². The Balaban J connectivity index is 1.83. The summed E-state index contributed by atoms with van der Waals surface area (Å²) in [4.78, 5) is 0. The summed E-state index contributed by atoms with van der Waals surface area (Å²) in [5, 5.41) is 14.7. The summed E-state index contributed by atoms with van der Waals surface area (Å²) in [5.41, 5.74) is -1.19. The maximum atomic E-state index is 12.7. The largest absolute Gasteiger partial charge is 0.416 e. The van der Waals surface area contributed by atoms with Crippen LogP contribution in [0, 0.1) is 5.41 Å². The number of alkyl halides is 3. The molecule has 6 heteroatoms. The van der Waals surface area contributed by atoms with E-state index in [-0.39, 0.29) is 17.5 Å². The summed E-state index contributed by atoms with van der Waals surface area (Å²) in [6, 6.07) is 5.12. The third-order valence-corrected chi connectivity index (χ3v) is 5.48. The molecule has 1 aliphatic heterocycles. The molecule has 1 heterocycles. The van der Waals surface area contributed by atoms with Gasteiger partial charge in [-0.3, -0.25) is 0 Å². The van der Waals surface area contributed by atoms with Crippen LogP contribution in [0.15, 0.2) is 24.3 Å². The van der Waals surface area contributed by atoms with Crippen molar-refractivity contribution < 1.29 is 23.0 Å². The number of aliphatic hydroxyl groups is 1. The molecule has 3 nitrogen and oxygen atoms in total. The van der Waals surface area contributed by atoms with Crippen molar-refractivity contribution in [3.05, 3.63) is 35.4 Å². The zero-order valence-corrected chi connectivity index (χ0v) is 14.0. The van der Waals surface area contributed by atoms with Gasteiger partial charge in [-0.1, -0.05) is 12.1 Å². The Hall–Kier alpha value is -1.11. The highest BCUT2D eigenvalue weighted by Crippen LogP contribution is 2.53. The molecule has 2 aliphatic rings. The quantitative estimate of drug-likeness (QED) is 0.880. The highest BCUT2D eigenvalue weighted by molar-refractivity contribution is 5.30. The molecule has 0 bridgehead atoms. The van der Waals surface area contributed by atoms with Gasteiger partial charge >= 0.3 is 6.18 Å². The fraction of sp³-hybridized carbons (Fsp3) is 0.667. The van der Waals surface area contributed by atoms with E-state index in [1.54, 1.807) is 7.11 Å². The fourth-order valence-corrected chi connectivity index (χ4v) is 4.03. The second kappa shape index (κ2) is 6.00. The first-order valence-corrected chi connectivity index (χ1v) is 8.34. The van der Waals surface area contributed by atoms with Crippen LogP contribution < -0.4 is 5.32 Å². The lowest BCUT2D eigenvalue weighted by atomic mass is 9.75. The second-order valence-electron chi connectivity index (χ2n) is 7.43. The molecular weight excluding hydrogens is 319 g/mol. The van der Waals surface area contributed by atoms with E-state index < -0.39 is 17.3 Å². The molecule has 3 atom stereocenters. The van der Waals surface area contributed by atoms with Crippen molar-refractivity contribution in [2.24, 2.45) is 5.41 Å². The minimum Gasteiger partial charge on any atom is -0.385 e. The SMILES string of the molecule is COCC1([C@@H]2CC(O)(c3ccc(C(F)(F)F)cc3)C[C@H](C)N2)CC1. The molecule has 0 radical (unpaired) electrons. The molecular formula is C18H24F3NO2. The first-order valence-electron chi connectivity index (χ1n) is 8.34. The molecule has 134 valence electrons. The fourth-order valence-electron chi connectivity index (χ4n) is 4.03. The lowest BCUT2D eigenvalue weighted by Crippen LogP contribution is -2.55. The Kier molecular flexibility index (Phi) is 4.43. The average Bonchev–Trinajstić information content (AvgIpc) is 3.27. The molecule has 0 spiro atoms. The van der Waals surface area contributed by atoms with Gasteiger partial charge in [0.25, 0.3) is 0 Å². The molecule has 0 aromatic heterocycles. The smallest absolute Gasteiger partial charge is 0.385 e. The highest BCUT2D eigenvalue weighted by Gasteiger charge is 2.54. The van der Waals surface area contributed by atoms with E-state index in [4.69, 9.17) is 4.74 Å². The number of benzene rings is 1. The molecule has 3 rings (SSSR count). The topological polar surface area (TPSA) is 41.5 Å². The number of hydrogen-bond donors (Lipinski definition) is 2. The average molecular weight is 343 g/mol. The van der Waals surface area contributed by atoms with Crippen LogP contribution in [0.1, 0.15) is 43.7 Å². The van der Waals surface area contributed by atoms with Crippen molar-refractivity contribution in [2.75, 3.05) is 13.7 Å². The van der Waals surface area contributed by atoms with Gasteiger partial charge < -0.3 is 15.2 Å². The van der Waals surface area contributed by atoms with Gasteiger partial charge in [0, 0.05) is 24.6 Å². The zero-order valence-electron chi connectivity index (χ0n) is 14.0. The van der Waals surface area contributed by atoms with Gasteiger partial charge in [0.2, 0.25) is 0 Å². The van der Waals surface area contributed by atoms with Gasteiger partial charge in [0.05, 0.1) is 17.8 Å². The standard InChI is InChI=1S/C18H24F3NO2/c1-12-9-17(23,10-15(22-12)16(7-8-16)11-24-2)13-3-5-14(6-4-13)18(19,20)21/h3-6,12,15,22-23H,7-11H2,1-2H3/t12-,15-,17?/m0/s1. The Morgan fingerprint density at radius 3 is 2.33 bits per heavy atom. The van der Waals surface area contributed by atoms with Crippen LogP contribution >= 0.6 is 0 Å². The molecule has 1 unspecified atom stereocenters. The molecule has 2 N–H and O–H groups in total. The summed E-state index contributed by atoms with van der Waals surface area (Å²) in [6.07, 6.45) is -1.28. The Morgan fingerprint density at radius 1 is 1.21 bits per heavy atom. The summed E-state index contributed by atoms with van der Waals surface area (Å²) < 4.78 is 43.6. The lowest BCUT2D eigenvalue weighted by molar-refractivity contribution is -0.137. The molecule has 1 aliphatic carbocycles. The van der Waals surface area contributed by atoms with Gasteiger partial charge in [-0.15, -0.1) is 0 Å². The Bertz CT molecular complexity index is 583. The number of methoxy groups -OCH3 is 1. The zero-order chi connectivity index (χ0) is 17.6. The van der Waals surface area contributed by atoms with Crippen LogP contribution in [0.4, 0.5) is 13.2 Å². The number of halogens is 3.